The second-order valence-electron chi connectivity index (χ2n) is 5.84. The third kappa shape index (κ3) is 14.8. The van der Waals surface area contributed by atoms with E-state index in [2.05, 4.69) is 19.9 Å². The molecule has 0 aliphatic rings. The third-order valence-corrected chi connectivity index (χ3v) is 3.18. The molecule has 0 spiro atoms. The van der Waals surface area contributed by atoms with Crippen LogP contribution >= 0.6 is 0 Å². The first-order valence-electron chi connectivity index (χ1n) is 9.40. The summed E-state index contributed by atoms with van der Waals surface area (Å²) in [7, 11) is 0. The number of aliphatic carboxylic acids is 2. The average molecular weight is 537 g/mol. The van der Waals surface area contributed by atoms with E-state index >= 15 is 0 Å². The van der Waals surface area contributed by atoms with Gasteiger partial charge in [-0.15, -0.1) is 0 Å². The quantitative estimate of drug-likeness (QED) is 0.354. The molecule has 0 aromatic carbocycles. The van der Waals surface area contributed by atoms with E-state index in [-0.39, 0.29) is 20.4 Å². The maximum Gasteiger partial charge on any atom is 2.00 e. The zero-order valence-electron chi connectivity index (χ0n) is 18.0. The number of pyridine rings is 4. The predicted octanol–water partition coefficient (Wildman–Crippen LogP) is 1.80. The smallest absolute Gasteiger partial charge is 0.550 e. The fourth-order valence-electron chi connectivity index (χ4n) is 2.06. The number of nitrogens with zero attached hydrogens (tertiary/aromatic N) is 4. The van der Waals surface area contributed by atoms with Gasteiger partial charge in [-0.3, -0.25) is 19.9 Å². The van der Waals surface area contributed by atoms with Crippen molar-refractivity contribution in [3.05, 3.63) is 97.6 Å². The van der Waals surface area contributed by atoms with Crippen LogP contribution in [0.15, 0.2) is 97.6 Å². The first kappa shape index (κ1) is 29.2. The maximum absolute atomic E-state index is 8.89. The molecule has 0 unspecified atom stereocenters. The van der Waals surface area contributed by atoms with Crippen molar-refractivity contribution in [2.24, 2.45) is 0 Å². The number of hydrogen-bond acceptors (Lipinski definition) is 8. The van der Waals surface area contributed by atoms with Crippen LogP contribution in [0.1, 0.15) is 13.8 Å². The minimum atomic E-state index is -1.08. The van der Waals surface area contributed by atoms with Gasteiger partial charge in [-0.2, -0.15) is 0 Å². The number of carbonyl (C=O) groups excluding carboxylic acids is 2. The third-order valence-electron chi connectivity index (χ3n) is 3.18. The van der Waals surface area contributed by atoms with Gasteiger partial charge in [0, 0.05) is 36.7 Å². The van der Waals surface area contributed by atoms with Crippen molar-refractivity contribution in [3.8, 4) is 22.8 Å². The molecule has 0 N–H and O–H groups in total. The van der Waals surface area contributed by atoms with Crippen molar-refractivity contribution >= 4 is 11.9 Å². The van der Waals surface area contributed by atoms with E-state index in [9.17, 15) is 0 Å². The molecule has 172 valence electrons. The largest absolute Gasteiger partial charge is 2.00 e. The molecule has 9 heteroatoms. The number of carboxylic acid groups (broad SMARTS) is 2. The second kappa shape index (κ2) is 17.8. The second-order valence-corrected chi connectivity index (χ2v) is 5.84. The molecule has 33 heavy (non-hydrogen) atoms. The zero-order chi connectivity index (χ0) is 23.6. The van der Waals surface area contributed by atoms with Crippen molar-refractivity contribution in [3.63, 3.8) is 0 Å². The van der Waals surface area contributed by atoms with Gasteiger partial charge < -0.3 is 19.8 Å². The Balaban J connectivity index is 0.000000462. The van der Waals surface area contributed by atoms with Crippen LogP contribution < -0.4 is 10.2 Å². The summed E-state index contributed by atoms with van der Waals surface area (Å²) in [6, 6.07) is 23.2. The summed E-state index contributed by atoms with van der Waals surface area (Å²) in [6.07, 6.45) is 7.07. The molecule has 0 saturated carbocycles. The van der Waals surface area contributed by atoms with Gasteiger partial charge in [0.1, 0.15) is 0 Å². The van der Waals surface area contributed by atoms with Gasteiger partial charge in [0.15, 0.2) is 0 Å². The molecule has 4 heterocycles. The van der Waals surface area contributed by atoms with Crippen LogP contribution in [-0.4, -0.2) is 31.9 Å². The minimum Gasteiger partial charge on any atom is -0.550 e. The first-order valence-corrected chi connectivity index (χ1v) is 9.40. The molecular weight excluding hydrogens is 515 g/mol. The molecule has 0 fully saturated rings. The van der Waals surface area contributed by atoms with Crippen LogP contribution in [0.4, 0.5) is 0 Å². The van der Waals surface area contributed by atoms with Crippen molar-refractivity contribution in [2.75, 3.05) is 0 Å². The number of rotatable bonds is 2. The molecule has 0 aliphatic carbocycles. The van der Waals surface area contributed by atoms with Crippen LogP contribution in [0, 0.1) is 0 Å². The van der Waals surface area contributed by atoms with E-state index < -0.39 is 11.9 Å². The predicted molar refractivity (Wildman–Crippen MR) is 116 cm³/mol. The van der Waals surface area contributed by atoms with E-state index in [1.165, 1.54) is 0 Å². The standard InChI is InChI=1S/2C10H8N2.2C2H4O2.Pd/c2*1-3-7-11-9(5-1)10-6-2-4-8-12-10;2*1-2(3)4;/h2*1-8H;2*1H3,(H,3,4);/q;;;;+2/p-2. The van der Waals surface area contributed by atoms with Crippen LogP contribution in [-0.2, 0) is 30.0 Å². The number of carboxylic acids is 2. The Morgan fingerprint density at radius 3 is 0.818 bits per heavy atom. The molecule has 0 amide bonds. The van der Waals surface area contributed by atoms with Gasteiger partial charge in [0.05, 0.1) is 22.8 Å². The first-order chi connectivity index (χ1) is 15.4. The van der Waals surface area contributed by atoms with Gasteiger partial charge in [-0.05, 0) is 62.4 Å². The summed E-state index contributed by atoms with van der Waals surface area (Å²) >= 11 is 0. The topological polar surface area (TPSA) is 132 Å². The van der Waals surface area contributed by atoms with Crippen LogP contribution in [0.5, 0.6) is 0 Å². The molecule has 0 bridgehead atoms. The fraction of sp³-hybridized carbons (Fsp3) is 0.0833. The maximum atomic E-state index is 8.89. The van der Waals surface area contributed by atoms with E-state index in [4.69, 9.17) is 19.8 Å². The number of hydrogen-bond donors (Lipinski definition) is 0. The molecule has 4 rings (SSSR count). The van der Waals surface area contributed by atoms with Crippen molar-refractivity contribution in [1.82, 2.24) is 19.9 Å². The SMILES string of the molecule is CC(=O)[O-].CC(=O)[O-].[Pd+2].c1ccc(-c2ccccn2)nc1.c1ccc(-c2ccccn2)nc1. The van der Waals surface area contributed by atoms with Gasteiger partial charge in [0.25, 0.3) is 0 Å². The zero-order valence-corrected chi connectivity index (χ0v) is 19.5. The van der Waals surface area contributed by atoms with Crippen LogP contribution in [0.2, 0.25) is 0 Å². The molecule has 0 atom stereocenters. The monoisotopic (exact) mass is 536 g/mol. The van der Waals surface area contributed by atoms with Gasteiger partial charge in [-0.1, -0.05) is 24.3 Å². The minimum absolute atomic E-state index is 0. The Morgan fingerprint density at radius 1 is 0.515 bits per heavy atom. The summed E-state index contributed by atoms with van der Waals surface area (Å²) in [6.45, 7) is 1.94. The van der Waals surface area contributed by atoms with E-state index in [1.54, 1.807) is 24.8 Å². The van der Waals surface area contributed by atoms with Gasteiger partial charge >= 0.3 is 20.4 Å². The Morgan fingerprint density at radius 2 is 0.697 bits per heavy atom. The molecule has 0 saturated heterocycles. The summed E-state index contributed by atoms with van der Waals surface area (Å²) in [4.78, 5) is 34.5. The Kier molecular flexibility index (Phi) is 15.8. The molecular formula is C24H22N4O4Pd. The summed E-state index contributed by atoms with van der Waals surface area (Å²) < 4.78 is 0. The summed E-state index contributed by atoms with van der Waals surface area (Å²) in [5, 5.41) is 17.8. The van der Waals surface area contributed by atoms with Crippen molar-refractivity contribution in [1.29, 1.82) is 0 Å². The normalized spacial score (nSPS) is 8.55. The van der Waals surface area contributed by atoms with E-state index in [1.807, 2.05) is 72.8 Å². The van der Waals surface area contributed by atoms with Crippen LogP contribution in [0.25, 0.3) is 22.8 Å². The molecule has 4 aromatic heterocycles. The Bertz CT molecular complexity index is 869. The number of carbonyl (C=O) groups is 2. The van der Waals surface area contributed by atoms with Gasteiger partial charge in [-0.25, -0.2) is 0 Å². The fourth-order valence-corrected chi connectivity index (χ4v) is 2.06. The van der Waals surface area contributed by atoms with Crippen molar-refractivity contribution < 1.29 is 40.2 Å². The average Bonchev–Trinajstić information content (AvgIpc) is 2.81. The van der Waals surface area contributed by atoms with Crippen molar-refractivity contribution in [2.45, 2.75) is 13.8 Å². The van der Waals surface area contributed by atoms with E-state index in [0.717, 1.165) is 36.6 Å². The molecule has 0 radical (unpaired) electrons. The summed E-state index contributed by atoms with van der Waals surface area (Å²) in [5.74, 6) is -2.17. The van der Waals surface area contributed by atoms with Crippen LogP contribution in [0.3, 0.4) is 0 Å². The molecule has 0 aliphatic heterocycles. The Labute approximate surface area is 206 Å². The number of aromatic nitrogens is 4. The Hall–Kier alpha value is -3.80. The van der Waals surface area contributed by atoms with Gasteiger partial charge in [0.2, 0.25) is 0 Å². The van der Waals surface area contributed by atoms with E-state index in [0.29, 0.717) is 0 Å². The molecule has 4 aromatic rings. The molecule has 8 nitrogen and oxygen atoms in total. The summed E-state index contributed by atoms with van der Waals surface area (Å²) in [5.41, 5.74) is 3.66.